The summed E-state index contributed by atoms with van der Waals surface area (Å²) in [5.74, 6) is 0. The Hall–Kier alpha value is 0.620. The topological polar surface area (TPSA) is 6.48 Å². The summed E-state index contributed by atoms with van der Waals surface area (Å²) in [6.07, 6.45) is 9.89. The molecule has 0 N–H and O–H groups in total. The third-order valence-corrected chi connectivity index (χ3v) is 5.81. The molecule has 0 saturated carbocycles. The molecule has 0 aliphatic carbocycles. The van der Waals surface area contributed by atoms with E-state index in [9.17, 15) is 0 Å². The van der Waals surface area contributed by atoms with Gasteiger partial charge in [-0.25, -0.2) is 8.61 Å². The van der Waals surface area contributed by atoms with Crippen molar-refractivity contribution in [1.82, 2.24) is 8.61 Å². The van der Waals surface area contributed by atoms with Crippen molar-refractivity contribution in [2.24, 2.45) is 0 Å². The molecule has 15 heavy (non-hydrogen) atoms. The molecule has 0 amide bonds. The van der Waals surface area contributed by atoms with Gasteiger partial charge in [0.25, 0.3) is 0 Å². The Morgan fingerprint density at radius 1 is 0.467 bits per heavy atom. The molecule has 0 atom stereocenters. The van der Waals surface area contributed by atoms with Crippen LogP contribution < -0.4 is 0 Å². The zero-order valence-corrected chi connectivity index (χ0v) is 11.1. The molecular weight excluding hydrogens is 224 g/mol. The fourth-order valence-corrected chi connectivity index (χ4v) is 4.61. The molecule has 4 heteroatoms. The average molecular weight is 246 g/mol. The van der Waals surface area contributed by atoms with E-state index in [4.69, 9.17) is 0 Å². The normalized spacial score (nSPS) is 26.4. The summed E-state index contributed by atoms with van der Waals surface area (Å²) in [5.41, 5.74) is 0. The first-order valence-electron chi connectivity index (χ1n) is 6.30. The maximum Gasteiger partial charge on any atom is 0.00976 e. The summed E-state index contributed by atoms with van der Waals surface area (Å²) in [6, 6.07) is 0. The average Bonchev–Trinajstić information content (AvgIpc) is 2.56. The molecule has 2 saturated heterocycles. The van der Waals surface area contributed by atoms with Gasteiger partial charge in [0, 0.05) is 48.1 Å². The van der Waals surface area contributed by atoms with Crippen LogP contribution >= 0.6 is 22.0 Å². The van der Waals surface area contributed by atoms with Crippen LogP contribution in [0.4, 0.5) is 0 Å². The molecule has 2 rings (SSSR count). The Morgan fingerprint density at radius 2 is 0.800 bits per heavy atom. The van der Waals surface area contributed by atoms with Gasteiger partial charge in [-0.1, -0.05) is 19.3 Å². The van der Waals surface area contributed by atoms with Crippen molar-refractivity contribution >= 4 is 22.0 Å². The van der Waals surface area contributed by atoms with Crippen LogP contribution in [0.5, 0.6) is 0 Å². The molecule has 0 radical (unpaired) electrons. The molecule has 2 aliphatic rings. The predicted molar refractivity (Wildman–Crippen MR) is 70.6 cm³/mol. The second kappa shape index (κ2) is 7.05. The van der Waals surface area contributed by atoms with Crippen molar-refractivity contribution in [3.05, 3.63) is 0 Å². The molecule has 0 aromatic rings. The number of hydrogen-bond acceptors (Lipinski definition) is 4. The minimum Gasteiger partial charge on any atom is -0.240 e. The Labute approximate surface area is 102 Å². The zero-order chi connectivity index (χ0) is 10.3. The minimum absolute atomic E-state index is 1.30. The summed E-state index contributed by atoms with van der Waals surface area (Å²) < 4.78 is 5.10. The van der Waals surface area contributed by atoms with Gasteiger partial charge in [-0.15, -0.1) is 0 Å². The van der Waals surface area contributed by atoms with Crippen molar-refractivity contribution < 1.29 is 0 Å². The fourth-order valence-electron chi connectivity index (χ4n) is 2.15. The van der Waals surface area contributed by atoms with Crippen molar-refractivity contribution in [1.29, 1.82) is 0 Å². The van der Waals surface area contributed by atoms with Crippen LogP contribution in [0.1, 0.15) is 44.9 Å². The number of nitrogens with zero attached hydrogens (tertiary/aromatic N) is 2. The van der Waals surface area contributed by atoms with Crippen LogP contribution in [0.3, 0.4) is 0 Å². The van der Waals surface area contributed by atoms with Crippen LogP contribution in [-0.2, 0) is 0 Å². The Kier molecular flexibility index (Phi) is 5.68. The number of piperidine rings is 1. The molecular formula is C11H22N2S2. The summed E-state index contributed by atoms with van der Waals surface area (Å²) in [4.78, 5) is 0. The zero-order valence-electron chi connectivity index (χ0n) is 9.49. The van der Waals surface area contributed by atoms with Crippen LogP contribution in [0, 0.1) is 0 Å². The van der Waals surface area contributed by atoms with E-state index >= 15 is 0 Å². The van der Waals surface area contributed by atoms with Crippen LogP contribution in [0.15, 0.2) is 0 Å². The standard InChI is InChI=1S/C11H22N2S2/c1-2-5-9-12(8-4-1)14-15-13-10-6-3-7-11-13/h1-11H2. The second-order valence-corrected chi connectivity index (χ2v) is 6.71. The van der Waals surface area contributed by atoms with E-state index < -0.39 is 0 Å². The highest BCUT2D eigenvalue weighted by Gasteiger charge is 2.14. The maximum absolute atomic E-state index is 2.56. The van der Waals surface area contributed by atoms with Gasteiger partial charge in [0.1, 0.15) is 0 Å². The van der Waals surface area contributed by atoms with E-state index in [1.54, 1.807) is 0 Å². The summed E-state index contributed by atoms with van der Waals surface area (Å²) in [5, 5.41) is 0. The maximum atomic E-state index is 2.56. The third kappa shape index (κ3) is 4.55. The highest BCUT2D eigenvalue weighted by Crippen LogP contribution is 2.33. The van der Waals surface area contributed by atoms with Gasteiger partial charge in [-0.05, 0) is 25.7 Å². The molecule has 0 aromatic heterocycles. The van der Waals surface area contributed by atoms with E-state index in [2.05, 4.69) is 8.61 Å². The van der Waals surface area contributed by atoms with E-state index in [1.165, 1.54) is 71.1 Å². The Morgan fingerprint density at radius 3 is 1.20 bits per heavy atom. The van der Waals surface area contributed by atoms with E-state index in [1.807, 2.05) is 22.0 Å². The van der Waals surface area contributed by atoms with Gasteiger partial charge < -0.3 is 0 Å². The van der Waals surface area contributed by atoms with Crippen LogP contribution in [0.2, 0.25) is 0 Å². The Bertz CT molecular complexity index is 164. The molecule has 2 heterocycles. The second-order valence-electron chi connectivity index (χ2n) is 4.48. The smallest absolute Gasteiger partial charge is 0.00976 e. The first kappa shape index (κ1) is 12.1. The van der Waals surface area contributed by atoms with E-state index in [-0.39, 0.29) is 0 Å². The third-order valence-electron chi connectivity index (χ3n) is 3.12. The van der Waals surface area contributed by atoms with E-state index in [0.29, 0.717) is 0 Å². The molecule has 2 fully saturated rings. The van der Waals surface area contributed by atoms with Crippen LogP contribution in [-0.4, -0.2) is 34.8 Å². The van der Waals surface area contributed by atoms with Crippen LogP contribution in [0.25, 0.3) is 0 Å². The van der Waals surface area contributed by atoms with Crippen molar-refractivity contribution in [2.75, 3.05) is 26.2 Å². The first-order valence-corrected chi connectivity index (χ1v) is 8.36. The Balaban J connectivity index is 1.62. The lowest BCUT2D eigenvalue weighted by Crippen LogP contribution is -2.24. The lowest BCUT2D eigenvalue weighted by atomic mass is 10.2. The SMILES string of the molecule is C1CCCN(SSN2CCCCC2)CC1. The number of rotatable bonds is 3. The quantitative estimate of drug-likeness (QED) is 0.554. The van der Waals surface area contributed by atoms with Crippen molar-refractivity contribution in [3.63, 3.8) is 0 Å². The first-order chi connectivity index (χ1) is 7.45. The van der Waals surface area contributed by atoms with Gasteiger partial charge in [0.05, 0.1) is 0 Å². The van der Waals surface area contributed by atoms with Crippen molar-refractivity contribution in [2.45, 2.75) is 44.9 Å². The van der Waals surface area contributed by atoms with Gasteiger partial charge in [0.15, 0.2) is 0 Å². The highest BCUT2D eigenvalue weighted by molar-refractivity contribution is 8.74. The molecule has 0 spiro atoms. The largest absolute Gasteiger partial charge is 0.240 e. The molecule has 2 nitrogen and oxygen atoms in total. The lowest BCUT2D eigenvalue weighted by Gasteiger charge is -2.27. The van der Waals surface area contributed by atoms with E-state index in [0.717, 1.165) is 0 Å². The van der Waals surface area contributed by atoms with Gasteiger partial charge >= 0.3 is 0 Å². The summed E-state index contributed by atoms with van der Waals surface area (Å²) >= 11 is 0. The minimum atomic E-state index is 1.30. The molecule has 0 unspecified atom stereocenters. The highest BCUT2D eigenvalue weighted by atomic mass is 33.1. The molecule has 0 bridgehead atoms. The molecule has 0 aromatic carbocycles. The van der Waals surface area contributed by atoms with Gasteiger partial charge in [-0.2, -0.15) is 0 Å². The fraction of sp³-hybridized carbons (Fsp3) is 1.00. The van der Waals surface area contributed by atoms with Crippen molar-refractivity contribution in [3.8, 4) is 0 Å². The molecule has 2 aliphatic heterocycles. The monoisotopic (exact) mass is 246 g/mol. The summed E-state index contributed by atoms with van der Waals surface area (Å²) in [7, 11) is 3.98. The predicted octanol–water partition coefficient (Wildman–Crippen LogP) is 3.56. The summed E-state index contributed by atoms with van der Waals surface area (Å²) in [6.45, 7) is 5.19. The molecule has 88 valence electrons. The van der Waals surface area contributed by atoms with Gasteiger partial charge in [-0.3, -0.25) is 0 Å². The number of hydrogen-bond donors (Lipinski definition) is 0. The lowest BCUT2D eigenvalue weighted by molar-refractivity contribution is 0.383. The van der Waals surface area contributed by atoms with Gasteiger partial charge in [0.2, 0.25) is 0 Å².